The predicted octanol–water partition coefficient (Wildman–Crippen LogP) is 1.84. The first-order valence-corrected chi connectivity index (χ1v) is 3.20. The zero-order valence-electron chi connectivity index (χ0n) is 6.24. The second-order valence-electron chi connectivity index (χ2n) is 2.08. The molecule has 0 spiro atoms. The Morgan fingerprint density at radius 1 is 1.50 bits per heavy atom. The van der Waals surface area contributed by atoms with Crippen LogP contribution in [0.5, 0.6) is 0 Å². The molecule has 1 N–H and O–H groups in total. The van der Waals surface area contributed by atoms with E-state index in [0.29, 0.717) is 0 Å². The van der Waals surface area contributed by atoms with Gasteiger partial charge in [-0.15, -0.1) is 0 Å². The van der Waals surface area contributed by atoms with Gasteiger partial charge in [0.1, 0.15) is 0 Å². The quantitative estimate of drug-likeness (QED) is 0.479. The van der Waals surface area contributed by atoms with E-state index >= 15 is 0 Å². The summed E-state index contributed by atoms with van der Waals surface area (Å²) in [5.41, 5.74) is 0. The second-order valence-corrected chi connectivity index (χ2v) is 2.08. The van der Waals surface area contributed by atoms with Crippen LogP contribution in [0.25, 0.3) is 0 Å². The molecule has 0 aliphatic rings. The number of hydrogen-bond donors (Lipinski definition) is 1. The van der Waals surface area contributed by atoms with Gasteiger partial charge in [0, 0.05) is 6.08 Å². The van der Waals surface area contributed by atoms with Gasteiger partial charge < -0.3 is 5.11 Å². The summed E-state index contributed by atoms with van der Waals surface area (Å²) in [6.45, 7) is 3.84. The summed E-state index contributed by atoms with van der Waals surface area (Å²) < 4.78 is 0. The van der Waals surface area contributed by atoms with Crippen LogP contribution in [0.1, 0.15) is 13.8 Å². The molecule has 0 aromatic rings. The second kappa shape index (κ2) is 4.79. The monoisotopic (exact) mass is 140 g/mol. The van der Waals surface area contributed by atoms with Crippen molar-refractivity contribution in [1.29, 1.82) is 0 Å². The minimum atomic E-state index is -0.892. The third kappa shape index (κ3) is 5.09. The first-order valence-electron chi connectivity index (χ1n) is 3.20. The zero-order chi connectivity index (χ0) is 7.98. The topological polar surface area (TPSA) is 37.3 Å². The number of aliphatic carboxylic acids is 1. The van der Waals surface area contributed by atoms with Crippen molar-refractivity contribution in [2.75, 3.05) is 0 Å². The number of carboxylic acids is 1. The minimum Gasteiger partial charge on any atom is -0.478 e. The Morgan fingerprint density at radius 3 is 2.50 bits per heavy atom. The van der Waals surface area contributed by atoms with E-state index in [2.05, 4.69) is 0 Å². The fraction of sp³-hybridized carbons (Fsp3) is 0.375. The van der Waals surface area contributed by atoms with Gasteiger partial charge in [-0.3, -0.25) is 0 Å². The fourth-order valence-electron chi connectivity index (χ4n) is 0.602. The maximum absolute atomic E-state index is 10.00. The highest BCUT2D eigenvalue weighted by atomic mass is 16.4. The number of allylic oxidation sites excluding steroid dienone is 3. The van der Waals surface area contributed by atoms with Crippen LogP contribution in [-0.4, -0.2) is 11.1 Å². The van der Waals surface area contributed by atoms with Crippen LogP contribution < -0.4 is 0 Å². The van der Waals surface area contributed by atoms with Gasteiger partial charge in [-0.05, 0) is 12.8 Å². The molecular formula is C8H12O2. The van der Waals surface area contributed by atoms with E-state index in [1.807, 2.05) is 26.0 Å². The molecule has 56 valence electrons. The molecule has 2 nitrogen and oxygen atoms in total. The fourth-order valence-corrected chi connectivity index (χ4v) is 0.602. The first-order chi connectivity index (χ1) is 4.66. The van der Waals surface area contributed by atoms with Gasteiger partial charge in [-0.25, -0.2) is 4.79 Å². The van der Waals surface area contributed by atoms with Crippen LogP contribution in [0.15, 0.2) is 24.3 Å². The van der Waals surface area contributed by atoms with Crippen molar-refractivity contribution >= 4 is 5.97 Å². The van der Waals surface area contributed by atoms with Gasteiger partial charge in [-0.2, -0.15) is 0 Å². The van der Waals surface area contributed by atoms with E-state index in [-0.39, 0.29) is 5.92 Å². The highest BCUT2D eigenvalue weighted by Gasteiger charge is 1.89. The molecule has 0 saturated heterocycles. The maximum Gasteiger partial charge on any atom is 0.327 e. The van der Waals surface area contributed by atoms with Crippen LogP contribution in [0.2, 0.25) is 0 Å². The third-order valence-electron chi connectivity index (χ3n) is 1.04. The molecule has 0 rings (SSSR count). The highest BCUT2D eigenvalue weighted by Crippen LogP contribution is 1.97. The van der Waals surface area contributed by atoms with Crippen LogP contribution in [-0.2, 0) is 4.79 Å². The normalized spacial score (nSPS) is 14.6. The molecule has 0 fully saturated rings. The Bertz CT molecular complexity index is 157. The maximum atomic E-state index is 10.00. The molecule has 0 aromatic heterocycles. The van der Waals surface area contributed by atoms with Crippen molar-refractivity contribution in [3.63, 3.8) is 0 Å². The molecule has 0 amide bonds. The molecule has 10 heavy (non-hydrogen) atoms. The van der Waals surface area contributed by atoms with Gasteiger partial charge >= 0.3 is 5.97 Å². The van der Waals surface area contributed by atoms with Gasteiger partial charge in [0.05, 0.1) is 0 Å². The van der Waals surface area contributed by atoms with Gasteiger partial charge in [0.15, 0.2) is 0 Å². The van der Waals surface area contributed by atoms with Crippen molar-refractivity contribution in [1.82, 2.24) is 0 Å². The van der Waals surface area contributed by atoms with E-state index in [1.54, 1.807) is 6.08 Å². The van der Waals surface area contributed by atoms with E-state index in [1.165, 1.54) is 0 Å². The summed E-state index contributed by atoms with van der Waals surface area (Å²) in [5, 5.41) is 8.22. The summed E-state index contributed by atoms with van der Waals surface area (Å²) >= 11 is 0. The molecule has 0 bridgehead atoms. The molecule has 0 saturated carbocycles. The SMILES string of the molecule is C/C=C/C(C)/C=C\C(=O)O. The van der Waals surface area contributed by atoms with Crippen molar-refractivity contribution in [3.05, 3.63) is 24.3 Å². The number of rotatable bonds is 3. The Kier molecular flexibility index (Phi) is 4.29. The largest absolute Gasteiger partial charge is 0.478 e. The zero-order valence-corrected chi connectivity index (χ0v) is 6.24. The van der Waals surface area contributed by atoms with Crippen LogP contribution in [0.4, 0.5) is 0 Å². The summed E-state index contributed by atoms with van der Waals surface area (Å²) in [6.07, 6.45) is 6.63. The summed E-state index contributed by atoms with van der Waals surface area (Å²) in [5.74, 6) is -0.683. The van der Waals surface area contributed by atoms with E-state index in [9.17, 15) is 4.79 Å². The Balaban J connectivity index is 3.77. The van der Waals surface area contributed by atoms with Crippen LogP contribution in [0, 0.1) is 5.92 Å². The molecule has 2 heteroatoms. The van der Waals surface area contributed by atoms with E-state index in [0.717, 1.165) is 6.08 Å². The molecule has 0 aromatic carbocycles. The van der Waals surface area contributed by atoms with Crippen molar-refractivity contribution < 1.29 is 9.90 Å². The third-order valence-corrected chi connectivity index (χ3v) is 1.04. The lowest BCUT2D eigenvalue weighted by Gasteiger charge is -1.93. The predicted molar refractivity (Wildman–Crippen MR) is 40.8 cm³/mol. The van der Waals surface area contributed by atoms with Crippen molar-refractivity contribution in [2.24, 2.45) is 5.92 Å². The molecular weight excluding hydrogens is 128 g/mol. The Labute approximate surface area is 60.9 Å². The van der Waals surface area contributed by atoms with E-state index < -0.39 is 5.97 Å². The minimum absolute atomic E-state index is 0.209. The highest BCUT2D eigenvalue weighted by molar-refractivity contribution is 5.79. The molecule has 1 atom stereocenters. The van der Waals surface area contributed by atoms with Crippen molar-refractivity contribution in [2.45, 2.75) is 13.8 Å². The Morgan fingerprint density at radius 2 is 2.10 bits per heavy atom. The van der Waals surface area contributed by atoms with E-state index in [4.69, 9.17) is 5.11 Å². The van der Waals surface area contributed by atoms with Crippen molar-refractivity contribution in [3.8, 4) is 0 Å². The molecule has 0 radical (unpaired) electrons. The summed E-state index contributed by atoms with van der Waals surface area (Å²) in [6, 6.07) is 0. The molecule has 0 aliphatic carbocycles. The first kappa shape index (κ1) is 8.95. The molecule has 0 aliphatic heterocycles. The van der Waals surface area contributed by atoms with Gasteiger partial charge in [0.2, 0.25) is 0 Å². The smallest absolute Gasteiger partial charge is 0.327 e. The van der Waals surface area contributed by atoms with Crippen LogP contribution in [0.3, 0.4) is 0 Å². The number of carbonyl (C=O) groups is 1. The molecule has 1 unspecified atom stereocenters. The standard InChI is InChI=1S/C8H12O2/c1-3-4-7(2)5-6-8(9)10/h3-7H,1-2H3,(H,9,10)/b4-3+,6-5-. The van der Waals surface area contributed by atoms with Gasteiger partial charge in [0.25, 0.3) is 0 Å². The lowest BCUT2D eigenvalue weighted by atomic mass is 10.1. The summed E-state index contributed by atoms with van der Waals surface area (Å²) in [7, 11) is 0. The summed E-state index contributed by atoms with van der Waals surface area (Å²) in [4.78, 5) is 10.00. The number of carboxylic acid groups (broad SMARTS) is 1. The average molecular weight is 140 g/mol. The molecule has 0 heterocycles. The lowest BCUT2D eigenvalue weighted by molar-refractivity contribution is -0.131. The Hall–Kier alpha value is -1.05. The van der Waals surface area contributed by atoms with Gasteiger partial charge in [-0.1, -0.05) is 25.2 Å². The average Bonchev–Trinajstić information content (AvgIpc) is 1.85. The number of hydrogen-bond acceptors (Lipinski definition) is 1. The van der Waals surface area contributed by atoms with Crippen LogP contribution >= 0.6 is 0 Å². The lowest BCUT2D eigenvalue weighted by Crippen LogP contribution is -1.89.